The van der Waals surface area contributed by atoms with Crippen LogP contribution in [0.15, 0.2) is 0 Å². The zero-order chi connectivity index (χ0) is 9.84. The van der Waals surface area contributed by atoms with Crippen LogP contribution in [-0.4, -0.2) is 34.5 Å². The Morgan fingerprint density at radius 2 is 2.08 bits per heavy atom. The zero-order valence-corrected chi connectivity index (χ0v) is 8.53. The Hall–Kier alpha value is -0.120. The molecule has 0 aromatic rings. The molecule has 0 spiro atoms. The van der Waals surface area contributed by atoms with Gasteiger partial charge in [0.05, 0.1) is 12.2 Å². The number of hydrogen-bond acceptors (Lipinski definition) is 3. The minimum atomic E-state index is -0.263. The highest BCUT2D eigenvalue weighted by Gasteiger charge is 2.26. The van der Waals surface area contributed by atoms with Gasteiger partial charge in [-0.15, -0.1) is 0 Å². The van der Waals surface area contributed by atoms with Crippen LogP contribution in [0.4, 0.5) is 0 Å². The highest BCUT2D eigenvalue weighted by atomic mass is 16.3. The Balaban J connectivity index is 2.22. The normalized spacial score (nSPS) is 33.2. The summed E-state index contributed by atoms with van der Waals surface area (Å²) in [6.07, 6.45) is 3.39. The molecule has 0 heterocycles. The quantitative estimate of drug-likeness (QED) is 0.605. The molecular formula is C10H21NO2. The molecule has 1 fully saturated rings. The van der Waals surface area contributed by atoms with E-state index in [-0.39, 0.29) is 24.3 Å². The van der Waals surface area contributed by atoms with Crippen molar-refractivity contribution in [3.8, 4) is 0 Å². The van der Waals surface area contributed by atoms with E-state index in [2.05, 4.69) is 12.2 Å². The summed E-state index contributed by atoms with van der Waals surface area (Å²) >= 11 is 0. The molecule has 1 aliphatic carbocycles. The van der Waals surface area contributed by atoms with Gasteiger partial charge in [-0.2, -0.15) is 0 Å². The highest BCUT2D eigenvalue weighted by molar-refractivity contribution is 4.84. The number of rotatable bonds is 4. The maximum atomic E-state index is 9.55. The van der Waals surface area contributed by atoms with Crippen LogP contribution in [0, 0.1) is 0 Å². The van der Waals surface area contributed by atoms with Gasteiger partial charge in [-0.25, -0.2) is 0 Å². The van der Waals surface area contributed by atoms with E-state index in [1.165, 1.54) is 0 Å². The summed E-state index contributed by atoms with van der Waals surface area (Å²) < 4.78 is 0. The van der Waals surface area contributed by atoms with Crippen LogP contribution in [0.5, 0.6) is 0 Å². The summed E-state index contributed by atoms with van der Waals surface area (Å²) in [4.78, 5) is 0. The van der Waals surface area contributed by atoms with Crippen LogP contribution in [0.2, 0.25) is 0 Å². The van der Waals surface area contributed by atoms with E-state index in [0.29, 0.717) is 0 Å². The fourth-order valence-corrected chi connectivity index (χ4v) is 2.08. The van der Waals surface area contributed by atoms with Gasteiger partial charge in [-0.05, 0) is 39.5 Å². The topological polar surface area (TPSA) is 52.5 Å². The van der Waals surface area contributed by atoms with Crippen molar-refractivity contribution in [1.29, 1.82) is 0 Å². The number of hydrogen-bond donors (Lipinski definition) is 3. The second-order valence-corrected chi connectivity index (χ2v) is 4.26. The Bertz CT molecular complexity index is 150. The second-order valence-electron chi connectivity index (χ2n) is 4.26. The van der Waals surface area contributed by atoms with E-state index < -0.39 is 0 Å². The summed E-state index contributed by atoms with van der Waals surface area (Å²) in [5.41, 5.74) is 0. The average molecular weight is 187 g/mol. The van der Waals surface area contributed by atoms with Crippen molar-refractivity contribution in [3.63, 3.8) is 0 Å². The standard InChI is InChI=1S/C10H21NO2/c1-7(6-8(2)12)11-9-4-3-5-10(9)13/h7-13H,3-6H2,1-2H3. The first-order valence-electron chi connectivity index (χ1n) is 5.21. The molecule has 0 saturated heterocycles. The molecular weight excluding hydrogens is 166 g/mol. The number of aliphatic hydroxyl groups excluding tert-OH is 2. The van der Waals surface area contributed by atoms with Gasteiger partial charge in [0.2, 0.25) is 0 Å². The Labute approximate surface area is 80.2 Å². The lowest BCUT2D eigenvalue weighted by molar-refractivity contribution is 0.129. The summed E-state index contributed by atoms with van der Waals surface area (Å²) in [6, 6.07) is 0.534. The van der Waals surface area contributed by atoms with Gasteiger partial charge in [-0.3, -0.25) is 0 Å². The van der Waals surface area contributed by atoms with Crippen molar-refractivity contribution >= 4 is 0 Å². The molecule has 0 radical (unpaired) electrons. The third kappa shape index (κ3) is 3.63. The third-order valence-corrected chi connectivity index (χ3v) is 2.67. The third-order valence-electron chi connectivity index (χ3n) is 2.67. The Morgan fingerprint density at radius 1 is 1.38 bits per heavy atom. The molecule has 0 amide bonds. The van der Waals surface area contributed by atoms with Gasteiger partial charge in [0, 0.05) is 12.1 Å². The molecule has 0 aromatic heterocycles. The summed E-state index contributed by atoms with van der Waals surface area (Å²) in [5.74, 6) is 0. The molecule has 3 nitrogen and oxygen atoms in total. The molecule has 0 aliphatic heterocycles. The van der Waals surface area contributed by atoms with Gasteiger partial charge in [-0.1, -0.05) is 0 Å². The molecule has 4 atom stereocenters. The number of aliphatic hydroxyl groups is 2. The SMILES string of the molecule is CC(O)CC(C)NC1CCCC1O. The van der Waals surface area contributed by atoms with Gasteiger partial charge >= 0.3 is 0 Å². The molecule has 78 valence electrons. The molecule has 3 heteroatoms. The van der Waals surface area contributed by atoms with Crippen molar-refractivity contribution in [1.82, 2.24) is 5.32 Å². The minimum absolute atomic E-state index is 0.184. The molecule has 1 saturated carbocycles. The van der Waals surface area contributed by atoms with E-state index in [9.17, 15) is 5.11 Å². The van der Waals surface area contributed by atoms with Crippen LogP contribution in [-0.2, 0) is 0 Å². The second kappa shape index (κ2) is 4.94. The summed E-state index contributed by atoms with van der Waals surface area (Å²) in [6.45, 7) is 3.85. The Morgan fingerprint density at radius 3 is 2.54 bits per heavy atom. The van der Waals surface area contributed by atoms with E-state index in [1.54, 1.807) is 6.92 Å². The highest BCUT2D eigenvalue weighted by Crippen LogP contribution is 2.19. The predicted molar refractivity (Wildman–Crippen MR) is 52.5 cm³/mol. The first-order chi connectivity index (χ1) is 6.09. The number of nitrogens with one attached hydrogen (secondary N) is 1. The molecule has 1 rings (SSSR count). The van der Waals surface area contributed by atoms with Crippen LogP contribution < -0.4 is 5.32 Å². The van der Waals surface area contributed by atoms with E-state index in [1.807, 2.05) is 0 Å². The van der Waals surface area contributed by atoms with Crippen molar-refractivity contribution < 1.29 is 10.2 Å². The summed E-state index contributed by atoms with van der Waals surface area (Å²) in [5, 5.41) is 22.1. The molecule has 3 N–H and O–H groups in total. The van der Waals surface area contributed by atoms with Crippen molar-refractivity contribution in [2.45, 2.75) is 63.8 Å². The largest absolute Gasteiger partial charge is 0.393 e. The smallest absolute Gasteiger partial charge is 0.0693 e. The van der Waals surface area contributed by atoms with Crippen LogP contribution in [0.25, 0.3) is 0 Å². The van der Waals surface area contributed by atoms with Crippen LogP contribution in [0.3, 0.4) is 0 Å². The lowest BCUT2D eigenvalue weighted by Crippen LogP contribution is -2.42. The fraction of sp³-hybridized carbons (Fsp3) is 1.00. The van der Waals surface area contributed by atoms with Crippen LogP contribution in [0.1, 0.15) is 39.5 Å². The average Bonchev–Trinajstić information content (AvgIpc) is 2.34. The molecule has 4 unspecified atom stereocenters. The van der Waals surface area contributed by atoms with E-state index in [4.69, 9.17) is 5.11 Å². The molecule has 0 aromatic carbocycles. The van der Waals surface area contributed by atoms with Gasteiger partial charge < -0.3 is 15.5 Å². The minimum Gasteiger partial charge on any atom is -0.393 e. The summed E-state index contributed by atoms with van der Waals surface area (Å²) in [7, 11) is 0. The predicted octanol–water partition coefficient (Wildman–Crippen LogP) is 0.649. The lowest BCUT2D eigenvalue weighted by atomic mass is 10.1. The molecule has 13 heavy (non-hydrogen) atoms. The van der Waals surface area contributed by atoms with Crippen molar-refractivity contribution in [2.24, 2.45) is 0 Å². The fourth-order valence-electron chi connectivity index (χ4n) is 2.08. The van der Waals surface area contributed by atoms with Crippen LogP contribution >= 0.6 is 0 Å². The molecule has 0 bridgehead atoms. The molecule has 1 aliphatic rings. The maximum absolute atomic E-state index is 9.55. The van der Waals surface area contributed by atoms with Gasteiger partial charge in [0.15, 0.2) is 0 Å². The lowest BCUT2D eigenvalue weighted by Gasteiger charge is -2.22. The van der Waals surface area contributed by atoms with E-state index >= 15 is 0 Å². The van der Waals surface area contributed by atoms with Crippen molar-refractivity contribution in [2.75, 3.05) is 0 Å². The Kier molecular flexibility index (Phi) is 4.16. The monoisotopic (exact) mass is 187 g/mol. The van der Waals surface area contributed by atoms with Gasteiger partial charge in [0.25, 0.3) is 0 Å². The van der Waals surface area contributed by atoms with Crippen molar-refractivity contribution in [3.05, 3.63) is 0 Å². The van der Waals surface area contributed by atoms with Gasteiger partial charge in [0.1, 0.15) is 0 Å². The maximum Gasteiger partial charge on any atom is 0.0693 e. The van der Waals surface area contributed by atoms with E-state index in [0.717, 1.165) is 25.7 Å². The first kappa shape index (κ1) is 11.0. The first-order valence-corrected chi connectivity index (χ1v) is 5.21. The zero-order valence-electron chi connectivity index (χ0n) is 8.53.